The molecule has 0 aliphatic carbocycles. The van der Waals surface area contributed by atoms with E-state index >= 15 is 0 Å². The Morgan fingerprint density at radius 2 is 1.76 bits per heavy atom. The molecule has 0 amide bonds. The number of nitrogens with zero attached hydrogens (tertiary/aromatic N) is 2. The van der Waals surface area contributed by atoms with Gasteiger partial charge in [0.15, 0.2) is 6.54 Å². The van der Waals surface area contributed by atoms with Crippen molar-refractivity contribution in [1.29, 1.82) is 0 Å². The third-order valence-corrected chi connectivity index (χ3v) is 5.35. The minimum Gasteiger partial charge on any atom is -0.497 e. The third-order valence-electron chi connectivity index (χ3n) is 5.35. The van der Waals surface area contributed by atoms with Gasteiger partial charge in [-0.15, -0.1) is 0 Å². The number of hydrogen-bond donors (Lipinski definition) is 1. The van der Waals surface area contributed by atoms with Crippen LogP contribution in [-0.4, -0.2) is 35.7 Å². The number of aliphatic hydroxyl groups is 1. The molecule has 1 N–H and O–H groups in total. The number of β-amino-alcohol motifs (C(OH)–C–C–N with tert-alkyl or cyclic N) is 1. The number of methoxy groups -OCH3 is 1. The highest BCUT2D eigenvalue weighted by atomic mass is 16.5. The second kappa shape index (κ2) is 6.52. The summed E-state index contributed by atoms with van der Waals surface area (Å²) in [5.41, 5.74) is 1.10. The van der Waals surface area contributed by atoms with Gasteiger partial charge in [-0.3, -0.25) is 0 Å². The molecule has 0 radical (unpaired) electrons. The number of benzene rings is 2. The van der Waals surface area contributed by atoms with Crippen LogP contribution in [-0.2, 0) is 5.72 Å². The molecule has 0 saturated carbocycles. The van der Waals surface area contributed by atoms with Crippen LogP contribution in [0.5, 0.6) is 5.75 Å². The first-order valence-electron chi connectivity index (χ1n) is 9.05. The number of ether oxygens (including phenoxy) is 1. The summed E-state index contributed by atoms with van der Waals surface area (Å²) in [6, 6.07) is 18.2. The van der Waals surface area contributed by atoms with Crippen LogP contribution in [0.4, 0.5) is 5.69 Å². The maximum absolute atomic E-state index is 11.7. The van der Waals surface area contributed by atoms with E-state index in [9.17, 15) is 5.11 Å². The minimum atomic E-state index is -0.971. The molecule has 0 fully saturated rings. The van der Waals surface area contributed by atoms with Crippen molar-refractivity contribution in [3.05, 3.63) is 60.2 Å². The Morgan fingerprint density at radius 1 is 1.00 bits per heavy atom. The number of anilines is 1. The topological polar surface area (TPSA) is 35.7 Å². The monoisotopic (exact) mass is 337 g/mol. The van der Waals surface area contributed by atoms with Gasteiger partial charge in [0, 0.05) is 12.0 Å². The average Bonchev–Trinajstić information content (AvgIpc) is 2.82. The molecule has 4 rings (SSSR count). The summed E-state index contributed by atoms with van der Waals surface area (Å²) in [6.45, 7) is 1.45. The summed E-state index contributed by atoms with van der Waals surface area (Å²) >= 11 is 0. The van der Waals surface area contributed by atoms with E-state index in [0.29, 0.717) is 6.54 Å². The second-order valence-corrected chi connectivity index (χ2v) is 6.85. The first kappa shape index (κ1) is 16.2. The maximum atomic E-state index is 11.7. The molecule has 2 aliphatic heterocycles. The lowest BCUT2D eigenvalue weighted by Crippen LogP contribution is -2.40. The predicted octanol–water partition coefficient (Wildman–Crippen LogP) is 3.35. The SMILES string of the molecule is COc1ccc(N2C[C@@](O)(c3ccccc3)[N+]3=C2CCCCC3)cc1. The van der Waals surface area contributed by atoms with Crippen molar-refractivity contribution in [3.63, 3.8) is 0 Å². The highest BCUT2D eigenvalue weighted by Gasteiger charge is 2.51. The Morgan fingerprint density at radius 3 is 2.48 bits per heavy atom. The van der Waals surface area contributed by atoms with E-state index in [1.807, 2.05) is 42.5 Å². The fourth-order valence-corrected chi connectivity index (χ4v) is 4.02. The van der Waals surface area contributed by atoms with E-state index in [2.05, 4.69) is 21.6 Å². The third kappa shape index (κ3) is 2.81. The lowest BCUT2D eigenvalue weighted by molar-refractivity contribution is -0.658. The van der Waals surface area contributed by atoms with E-state index in [1.54, 1.807) is 7.11 Å². The molecule has 0 unspecified atom stereocenters. The van der Waals surface area contributed by atoms with Crippen LogP contribution in [0.25, 0.3) is 0 Å². The lowest BCUT2D eigenvalue weighted by Gasteiger charge is -2.23. The van der Waals surface area contributed by atoms with Crippen molar-refractivity contribution >= 4 is 11.5 Å². The molecule has 4 nitrogen and oxygen atoms in total. The first-order valence-corrected chi connectivity index (χ1v) is 9.05. The van der Waals surface area contributed by atoms with Crippen LogP contribution in [0.3, 0.4) is 0 Å². The van der Waals surface area contributed by atoms with Gasteiger partial charge >= 0.3 is 0 Å². The fourth-order valence-electron chi connectivity index (χ4n) is 4.02. The molecule has 2 aromatic carbocycles. The van der Waals surface area contributed by atoms with Crippen molar-refractivity contribution in [2.45, 2.75) is 31.4 Å². The van der Waals surface area contributed by atoms with Crippen molar-refractivity contribution in [2.24, 2.45) is 0 Å². The van der Waals surface area contributed by atoms with Gasteiger partial charge in [-0.05, 0) is 43.5 Å². The fraction of sp³-hybridized carbons (Fsp3) is 0.381. The van der Waals surface area contributed by atoms with Gasteiger partial charge in [0.25, 0.3) is 11.6 Å². The Kier molecular flexibility index (Phi) is 4.22. The maximum Gasteiger partial charge on any atom is 0.271 e. The van der Waals surface area contributed by atoms with Crippen molar-refractivity contribution in [1.82, 2.24) is 0 Å². The summed E-state index contributed by atoms with van der Waals surface area (Å²) in [5, 5.41) is 11.7. The van der Waals surface area contributed by atoms with Gasteiger partial charge in [0.2, 0.25) is 0 Å². The van der Waals surface area contributed by atoms with Gasteiger partial charge in [0.1, 0.15) is 11.4 Å². The van der Waals surface area contributed by atoms with Gasteiger partial charge in [-0.1, -0.05) is 30.3 Å². The van der Waals surface area contributed by atoms with E-state index in [0.717, 1.165) is 36.4 Å². The van der Waals surface area contributed by atoms with Crippen molar-refractivity contribution < 1.29 is 14.4 Å². The quantitative estimate of drug-likeness (QED) is 0.873. The van der Waals surface area contributed by atoms with Gasteiger partial charge in [-0.2, -0.15) is 0 Å². The molecule has 1 atom stereocenters. The zero-order chi connectivity index (χ0) is 17.3. The van der Waals surface area contributed by atoms with Crippen molar-refractivity contribution in [2.75, 3.05) is 25.1 Å². The predicted molar refractivity (Wildman–Crippen MR) is 99.3 cm³/mol. The van der Waals surface area contributed by atoms with E-state index in [4.69, 9.17) is 4.74 Å². The largest absolute Gasteiger partial charge is 0.497 e. The Balaban J connectivity index is 1.77. The summed E-state index contributed by atoms with van der Waals surface area (Å²) in [4.78, 5) is 2.28. The summed E-state index contributed by atoms with van der Waals surface area (Å²) in [7, 11) is 1.68. The van der Waals surface area contributed by atoms with Crippen LogP contribution >= 0.6 is 0 Å². The molecule has 130 valence electrons. The molecule has 4 heteroatoms. The normalized spacial score (nSPS) is 23.4. The summed E-state index contributed by atoms with van der Waals surface area (Å²) in [6.07, 6.45) is 4.50. The molecular weight excluding hydrogens is 312 g/mol. The number of amidine groups is 1. The molecule has 2 aromatic rings. The molecular formula is C21H25N2O2+. The summed E-state index contributed by atoms with van der Waals surface area (Å²) in [5.74, 6) is 2.08. The van der Waals surface area contributed by atoms with Crippen molar-refractivity contribution in [3.8, 4) is 5.75 Å². The molecule has 0 aromatic heterocycles. The smallest absolute Gasteiger partial charge is 0.271 e. The lowest BCUT2D eigenvalue weighted by atomic mass is 10.0. The Labute approximate surface area is 149 Å². The van der Waals surface area contributed by atoms with Crippen LogP contribution in [0, 0.1) is 0 Å². The molecule has 2 heterocycles. The van der Waals surface area contributed by atoms with E-state index in [1.165, 1.54) is 18.7 Å². The standard InChI is InChI=1S/C21H25N2O2/c1-25-19-13-11-18(12-14-19)22-16-21(24,17-8-4-2-5-9-17)23-15-7-3-6-10-20(22)23/h2,4-5,8-9,11-14,24H,3,6-7,10,15-16H2,1H3/q+1/t21-/m1/s1. The average molecular weight is 337 g/mol. The van der Waals surface area contributed by atoms with Crippen LogP contribution in [0.2, 0.25) is 0 Å². The molecule has 25 heavy (non-hydrogen) atoms. The molecule has 0 saturated heterocycles. The zero-order valence-electron chi connectivity index (χ0n) is 14.7. The minimum absolute atomic E-state index is 0.554. The highest BCUT2D eigenvalue weighted by Crippen LogP contribution is 2.35. The van der Waals surface area contributed by atoms with Crippen LogP contribution in [0.15, 0.2) is 54.6 Å². The number of rotatable bonds is 3. The van der Waals surface area contributed by atoms with Crippen LogP contribution < -0.4 is 9.64 Å². The molecule has 0 spiro atoms. The molecule has 2 aliphatic rings. The van der Waals surface area contributed by atoms with E-state index < -0.39 is 5.72 Å². The summed E-state index contributed by atoms with van der Waals surface area (Å²) < 4.78 is 7.51. The van der Waals surface area contributed by atoms with Gasteiger partial charge in [-0.25, -0.2) is 9.48 Å². The van der Waals surface area contributed by atoms with Gasteiger partial charge < -0.3 is 9.84 Å². The first-order chi connectivity index (χ1) is 12.2. The van der Waals surface area contributed by atoms with Crippen LogP contribution in [0.1, 0.15) is 31.2 Å². The molecule has 0 bridgehead atoms. The zero-order valence-corrected chi connectivity index (χ0v) is 14.7. The van der Waals surface area contributed by atoms with E-state index in [-0.39, 0.29) is 0 Å². The number of hydrogen-bond acceptors (Lipinski definition) is 3. The Bertz CT molecular complexity index is 770. The second-order valence-electron chi connectivity index (χ2n) is 6.85. The Hall–Kier alpha value is -2.33. The van der Waals surface area contributed by atoms with Gasteiger partial charge in [0.05, 0.1) is 13.7 Å². The highest BCUT2D eigenvalue weighted by molar-refractivity contribution is 5.95.